The van der Waals surface area contributed by atoms with Gasteiger partial charge in [0.05, 0.1) is 11.1 Å². The number of nitro benzene ring substituents is 1. The predicted molar refractivity (Wildman–Crippen MR) is 66.4 cm³/mol. The van der Waals surface area contributed by atoms with E-state index in [1.54, 1.807) is 24.5 Å². The lowest BCUT2D eigenvalue weighted by atomic mass is 10.2. The molecule has 0 atom stereocenters. The van der Waals surface area contributed by atoms with Gasteiger partial charge in [0.25, 0.3) is 5.69 Å². The molecule has 1 heterocycles. The van der Waals surface area contributed by atoms with Crippen molar-refractivity contribution in [3.05, 3.63) is 51.5 Å². The Morgan fingerprint density at radius 1 is 1.41 bits per heavy atom. The van der Waals surface area contributed by atoms with Crippen LogP contribution in [0, 0.1) is 10.1 Å². The summed E-state index contributed by atoms with van der Waals surface area (Å²) in [5, 5.41) is 16.9. The number of hydrogen-bond acceptors (Lipinski definition) is 6. The van der Waals surface area contributed by atoms with E-state index in [2.05, 4.69) is 15.5 Å². The summed E-state index contributed by atoms with van der Waals surface area (Å²) >= 11 is 1.44. The average molecular weight is 248 g/mol. The van der Waals surface area contributed by atoms with Crippen LogP contribution in [-0.4, -0.2) is 16.1 Å². The van der Waals surface area contributed by atoms with E-state index >= 15 is 0 Å². The summed E-state index contributed by atoms with van der Waals surface area (Å²) in [7, 11) is 0. The van der Waals surface area contributed by atoms with Gasteiger partial charge < -0.3 is 0 Å². The highest BCUT2D eigenvalue weighted by atomic mass is 32.1. The van der Waals surface area contributed by atoms with Crippen molar-refractivity contribution in [3.8, 4) is 0 Å². The molecular weight excluding hydrogens is 240 g/mol. The number of hydrazone groups is 1. The first kappa shape index (κ1) is 11.2. The molecule has 6 nitrogen and oxygen atoms in total. The first-order valence-corrected chi connectivity index (χ1v) is 5.57. The van der Waals surface area contributed by atoms with Gasteiger partial charge in [-0.2, -0.15) is 5.10 Å². The number of nitrogens with zero attached hydrogens (tertiary/aromatic N) is 3. The molecule has 0 fully saturated rings. The molecular formula is C10H8N4O2S. The Kier molecular flexibility index (Phi) is 3.41. The van der Waals surface area contributed by atoms with Crippen LogP contribution in [0.15, 0.2) is 40.9 Å². The number of rotatable bonds is 4. The second kappa shape index (κ2) is 5.17. The van der Waals surface area contributed by atoms with E-state index in [1.165, 1.54) is 23.5 Å². The molecule has 0 unspecified atom stereocenters. The minimum absolute atomic E-state index is 0.0648. The van der Waals surface area contributed by atoms with E-state index < -0.39 is 4.92 Å². The fourth-order valence-corrected chi connectivity index (χ4v) is 1.60. The van der Waals surface area contributed by atoms with Gasteiger partial charge in [-0.3, -0.25) is 15.5 Å². The van der Waals surface area contributed by atoms with Gasteiger partial charge in [-0.15, -0.1) is 11.3 Å². The molecule has 1 aromatic heterocycles. The van der Waals surface area contributed by atoms with Crippen molar-refractivity contribution in [2.24, 2.45) is 5.10 Å². The van der Waals surface area contributed by atoms with Crippen molar-refractivity contribution in [1.82, 2.24) is 4.98 Å². The molecule has 17 heavy (non-hydrogen) atoms. The van der Waals surface area contributed by atoms with Gasteiger partial charge in [0.1, 0.15) is 0 Å². The third kappa shape index (κ3) is 3.08. The summed E-state index contributed by atoms with van der Waals surface area (Å²) in [4.78, 5) is 14.0. The molecule has 0 amide bonds. The Morgan fingerprint density at radius 3 is 2.76 bits per heavy atom. The molecule has 0 aliphatic heterocycles. The van der Waals surface area contributed by atoms with Gasteiger partial charge in [-0.05, 0) is 17.7 Å². The average Bonchev–Trinajstić information content (AvgIpc) is 2.83. The largest absolute Gasteiger partial charge is 0.269 e. The zero-order valence-corrected chi connectivity index (χ0v) is 9.42. The third-order valence-electron chi connectivity index (χ3n) is 1.91. The summed E-state index contributed by atoms with van der Waals surface area (Å²) in [6.45, 7) is 0. The van der Waals surface area contributed by atoms with Crippen LogP contribution in [0.2, 0.25) is 0 Å². The van der Waals surface area contributed by atoms with Crippen LogP contribution in [0.25, 0.3) is 0 Å². The Hall–Kier alpha value is -2.28. The Balaban J connectivity index is 1.99. The molecule has 1 N–H and O–H groups in total. The van der Waals surface area contributed by atoms with Gasteiger partial charge in [0.15, 0.2) is 0 Å². The maximum atomic E-state index is 10.4. The zero-order chi connectivity index (χ0) is 12.1. The number of thiazole rings is 1. The fourth-order valence-electron chi connectivity index (χ4n) is 1.12. The first-order chi connectivity index (χ1) is 8.25. The molecule has 86 valence electrons. The highest BCUT2D eigenvalue weighted by molar-refractivity contribution is 7.13. The number of aromatic nitrogens is 1. The van der Waals surface area contributed by atoms with Crippen LogP contribution >= 0.6 is 11.3 Å². The monoisotopic (exact) mass is 248 g/mol. The second-order valence-electron chi connectivity index (χ2n) is 3.06. The summed E-state index contributed by atoms with van der Waals surface area (Å²) in [5.74, 6) is 0. The number of non-ortho nitro benzene ring substituents is 1. The summed E-state index contributed by atoms with van der Waals surface area (Å²) in [6.07, 6.45) is 3.25. The van der Waals surface area contributed by atoms with E-state index in [-0.39, 0.29) is 5.69 Å². The molecule has 0 aliphatic carbocycles. The normalized spacial score (nSPS) is 10.6. The zero-order valence-electron chi connectivity index (χ0n) is 8.61. The van der Waals surface area contributed by atoms with Crippen molar-refractivity contribution in [2.75, 3.05) is 5.43 Å². The first-order valence-electron chi connectivity index (χ1n) is 4.69. The van der Waals surface area contributed by atoms with Crippen molar-refractivity contribution < 1.29 is 4.92 Å². The fraction of sp³-hybridized carbons (Fsp3) is 0. The van der Waals surface area contributed by atoms with Crippen molar-refractivity contribution in [1.29, 1.82) is 0 Å². The summed E-state index contributed by atoms with van der Waals surface area (Å²) < 4.78 is 0. The molecule has 0 radical (unpaired) electrons. The molecule has 0 aliphatic rings. The van der Waals surface area contributed by atoms with Gasteiger partial charge in [0.2, 0.25) is 5.13 Å². The molecule has 1 aromatic carbocycles. The number of hydrogen-bond donors (Lipinski definition) is 1. The van der Waals surface area contributed by atoms with Gasteiger partial charge in [-0.25, -0.2) is 4.98 Å². The quantitative estimate of drug-likeness (QED) is 0.512. The van der Waals surface area contributed by atoms with E-state index in [0.717, 1.165) is 5.56 Å². The van der Waals surface area contributed by atoms with Crippen LogP contribution in [0.3, 0.4) is 0 Å². The molecule has 0 saturated carbocycles. The number of nitro groups is 1. The van der Waals surface area contributed by atoms with Gasteiger partial charge in [0, 0.05) is 23.7 Å². The smallest absolute Gasteiger partial charge is 0.258 e. The van der Waals surface area contributed by atoms with Crippen molar-refractivity contribution >= 4 is 28.4 Å². The molecule has 2 aromatic rings. The molecule has 2 rings (SSSR count). The van der Waals surface area contributed by atoms with E-state index in [4.69, 9.17) is 0 Å². The third-order valence-corrected chi connectivity index (χ3v) is 2.59. The minimum atomic E-state index is -0.436. The van der Waals surface area contributed by atoms with Crippen LogP contribution < -0.4 is 5.43 Å². The van der Waals surface area contributed by atoms with Crippen molar-refractivity contribution in [3.63, 3.8) is 0 Å². The summed E-state index contributed by atoms with van der Waals surface area (Å²) in [6, 6.07) is 6.13. The maximum absolute atomic E-state index is 10.4. The SMILES string of the molecule is O=[N+]([O-])c1ccc(C=NNc2nccs2)cc1. The predicted octanol–water partition coefficient (Wildman–Crippen LogP) is 2.50. The topological polar surface area (TPSA) is 80.4 Å². The minimum Gasteiger partial charge on any atom is -0.258 e. The maximum Gasteiger partial charge on any atom is 0.269 e. The summed E-state index contributed by atoms with van der Waals surface area (Å²) in [5.41, 5.74) is 3.60. The number of benzene rings is 1. The van der Waals surface area contributed by atoms with Crippen LogP contribution in [0.1, 0.15) is 5.56 Å². The van der Waals surface area contributed by atoms with E-state index in [9.17, 15) is 10.1 Å². The lowest BCUT2D eigenvalue weighted by Gasteiger charge is -1.94. The van der Waals surface area contributed by atoms with Crippen LogP contribution in [0.5, 0.6) is 0 Å². The second-order valence-corrected chi connectivity index (χ2v) is 3.95. The van der Waals surface area contributed by atoms with Crippen LogP contribution in [0.4, 0.5) is 10.8 Å². The Bertz CT molecular complexity index is 522. The Morgan fingerprint density at radius 2 is 2.18 bits per heavy atom. The number of nitrogens with one attached hydrogen (secondary N) is 1. The highest BCUT2D eigenvalue weighted by Crippen LogP contribution is 2.11. The molecule has 0 saturated heterocycles. The van der Waals surface area contributed by atoms with Crippen LogP contribution in [-0.2, 0) is 0 Å². The van der Waals surface area contributed by atoms with Gasteiger partial charge >= 0.3 is 0 Å². The standard InChI is InChI=1S/C10H8N4O2S/c15-14(16)9-3-1-8(2-4-9)7-12-13-10-11-5-6-17-10/h1-7H,(H,11,13). The molecule has 0 spiro atoms. The Labute approximate surface area is 101 Å². The van der Waals surface area contributed by atoms with Gasteiger partial charge in [-0.1, -0.05) is 0 Å². The molecule has 7 heteroatoms. The lowest BCUT2D eigenvalue weighted by molar-refractivity contribution is -0.384. The molecule has 0 bridgehead atoms. The van der Waals surface area contributed by atoms with E-state index in [1.807, 2.05) is 5.38 Å². The number of anilines is 1. The van der Waals surface area contributed by atoms with E-state index in [0.29, 0.717) is 5.13 Å². The lowest BCUT2D eigenvalue weighted by Crippen LogP contribution is -1.91. The van der Waals surface area contributed by atoms with Crippen molar-refractivity contribution in [2.45, 2.75) is 0 Å². The highest BCUT2D eigenvalue weighted by Gasteiger charge is 2.02.